The summed E-state index contributed by atoms with van der Waals surface area (Å²) in [6.45, 7) is 8.09. The molecule has 0 bridgehead atoms. The monoisotopic (exact) mass is 208 g/mol. The molecule has 0 aliphatic heterocycles. The Kier molecular flexibility index (Phi) is 4.35. The fourth-order valence-corrected chi connectivity index (χ4v) is 1.46. The molecule has 0 radical (unpaired) electrons. The highest BCUT2D eigenvalue weighted by atomic mass is 19.1. The molecule has 0 aliphatic rings. The van der Waals surface area contributed by atoms with Crippen LogP contribution in [0.25, 0.3) is 0 Å². The third kappa shape index (κ3) is 3.39. The van der Waals surface area contributed by atoms with Crippen LogP contribution in [0.3, 0.4) is 0 Å². The van der Waals surface area contributed by atoms with E-state index in [2.05, 4.69) is 20.4 Å². The zero-order valence-corrected chi connectivity index (χ0v) is 9.29. The summed E-state index contributed by atoms with van der Waals surface area (Å²) in [7, 11) is 0. The molecule has 0 fully saturated rings. The first-order valence-corrected chi connectivity index (χ1v) is 5.16. The second-order valence-electron chi connectivity index (χ2n) is 3.93. The highest BCUT2D eigenvalue weighted by Crippen LogP contribution is 2.25. The molecule has 1 aromatic carbocycles. The second-order valence-corrected chi connectivity index (χ2v) is 3.93. The average molecular weight is 208 g/mol. The fourth-order valence-electron chi connectivity index (χ4n) is 1.46. The van der Waals surface area contributed by atoms with Gasteiger partial charge in [0.15, 0.2) is 11.6 Å². The summed E-state index contributed by atoms with van der Waals surface area (Å²) in [6.07, 6.45) is 2.44. The third-order valence-electron chi connectivity index (χ3n) is 2.02. The Morgan fingerprint density at radius 1 is 1.47 bits per heavy atom. The summed E-state index contributed by atoms with van der Waals surface area (Å²) in [5.41, 5.74) is 0.923. The van der Waals surface area contributed by atoms with Crippen molar-refractivity contribution in [1.82, 2.24) is 0 Å². The summed E-state index contributed by atoms with van der Waals surface area (Å²) in [6, 6.07) is 5.04. The van der Waals surface area contributed by atoms with Gasteiger partial charge in [0.05, 0.1) is 0 Å². The van der Waals surface area contributed by atoms with Crippen LogP contribution in [0.1, 0.15) is 19.4 Å². The molecule has 1 rings (SSSR count). The van der Waals surface area contributed by atoms with Gasteiger partial charge in [-0.15, -0.1) is 0 Å². The average Bonchev–Trinajstić information content (AvgIpc) is 2.16. The summed E-state index contributed by atoms with van der Waals surface area (Å²) >= 11 is 0. The maximum Gasteiger partial charge on any atom is 0.165 e. The molecule has 0 unspecified atom stereocenters. The van der Waals surface area contributed by atoms with Gasteiger partial charge in [-0.25, -0.2) is 4.39 Å². The van der Waals surface area contributed by atoms with Crippen molar-refractivity contribution >= 4 is 0 Å². The smallest absolute Gasteiger partial charge is 0.165 e. The summed E-state index contributed by atoms with van der Waals surface area (Å²) in [4.78, 5) is 0. The first-order chi connectivity index (χ1) is 7.15. The first kappa shape index (κ1) is 11.8. The van der Waals surface area contributed by atoms with Gasteiger partial charge in [-0.2, -0.15) is 0 Å². The summed E-state index contributed by atoms with van der Waals surface area (Å²) in [5.74, 6) is 0.555. The largest absolute Gasteiger partial charge is 0.486 e. The van der Waals surface area contributed by atoms with Gasteiger partial charge in [-0.05, 0) is 24.0 Å². The Morgan fingerprint density at radius 2 is 2.20 bits per heavy atom. The Bertz CT molecular complexity index is 331. The zero-order chi connectivity index (χ0) is 11.3. The van der Waals surface area contributed by atoms with Crippen molar-refractivity contribution in [3.8, 4) is 5.75 Å². The van der Waals surface area contributed by atoms with Gasteiger partial charge in [0.2, 0.25) is 0 Å². The number of benzene rings is 1. The van der Waals surface area contributed by atoms with Crippen molar-refractivity contribution in [2.24, 2.45) is 5.92 Å². The Hall–Kier alpha value is -1.31. The maximum atomic E-state index is 13.5. The second kappa shape index (κ2) is 5.54. The molecular formula is C13H17FO. The summed E-state index contributed by atoms with van der Waals surface area (Å²) in [5, 5.41) is 0. The zero-order valence-electron chi connectivity index (χ0n) is 9.29. The topological polar surface area (TPSA) is 9.23 Å². The molecule has 15 heavy (non-hydrogen) atoms. The van der Waals surface area contributed by atoms with E-state index in [1.165, 1.54) is 6.07 Å². The van der Waals surface area contributed by atoms with Crippen LogP contribution in [0.15, 0.2) is 30.9 Å². The van der Waals surface area contributed by atoms with Gasteiger partial charge in [0.25, 0.3) is 0 Å². The van der Waals surface area contributed by atoms with Gasteiger partial charge < -0.3 is 4.74 Å². The Labute approximate surface area is 90.6 Å². The van der Waals surface area contributed by atoms with Crippen LogP contribution in [0.2, 0.25) is 0 Å². The SMILES string of the molecule is C=CCOc1c(F)cccc1CC(C)C. The van der Waals surface area contributed by atoms with Crippen molar-refractivity contribution in [3.63, 3.8) is 0 Å². The summed E-state index contributed by atoms with van der Waals surface area (Å²) < 4.78 is 18.8. The van der Waals surface area contributed by atoms with Crippen molar-refractivity contribution < 1.29 is 9.13 Å². The van der Waals surface area contributed by atoms with E-state index in [0.717, 1.165) is 12.0 Å². The first-order valence-electron chi connectivity index (χ1n) is 5.16. The number of ether oxygens (including phenoxy) is 1. The van der Waals surface area contributed by atoms with Crippen molar-refractivity contribution in [1.29, 1.82) is 0 Å². The quantitative estimate of drug-likeness (QED) is 0.672. The molecule has 0 heterocycles. The molecule has 1 nitrogen and oxygen atoms in total. The molecule has 0 aliphatic carbocycles. The van der Waals surface area contributed by atoms with Crippen LogP contribution in [-0.2, 0) is 6.42 Å². The van der Waals surface area contributed by atoms with E-state index in [4.69, 9.17) is 4.74 Å². The molecule has 2 heteroatoms. The van der Waals surface area contributed by atoms with E-state index in [0.29, 0.717) is 18.3 Å². The highest BCUT2D eigenvalue weighted by molar-refractivity contribution is 5.35. The van der Waals surface area contributed by atoms with E-state index in [1.807, 2.05) is 6.07 Å². The number of halogens is 1. The lowest BCUT2D eigenvalue weighted by Gasteiger charge is -2.12. The number of rotatable bonds is 5. The van der Waals surface area contributed by atoms with E-state index >= 15 is 0 Å². The predicted octanol–water partition coefficient (Wildman–Crippen LogP) is 3.59. The normalized spacial score (nSPS) is 10.4. The minimum Gasteiger partial charge on any atom is -0.486 e. The van der Waals surface area contributed by atoms with Crippen molar-refractivity contribution in [2.45, 2.75) is 20.3 Å². The molecule has 0 atom stereocenters. The van der Waals surface area contributed by atoms with Crippen LogP contribution < -0.4 is 4.74 Å². The Balaban J connectivity index is 2.91. The minimum atomic E-state index is -0.296. The van der Waals surface area contributed by atoms with Gasteiger partial charge in [-0.3, -0.25) is 0 Å². The molecule has 0 amide bonds. The number of para-hydroxylation sites is 1. The molecule has 1 aromatic rings. The maximum absolute atomic E-state index is 13.5. The molecule has 0 aromatic heterocycles. The minimum absolute atomic E-state index is 0.296. The van der Waals surface area contributed by atoms with Gasteiger partial charge in [-0.1, -0.05) is 38.6 Å². The molecule has 82 valence electrons. The van der Waals surface area contributed by atoms with E-state index < -0.39 is 0 Å². The number of hydrogen-bond donors (Lipinski definition) is 0. The van der Waals surface area contributed by atoms with Gasteiger partial charge in [0, 0.05) is 0 Å². The van der Waals surface area contributed by atoms with Crippen molar-refractivity contribution in [3.05, 3.63) is 42.2 Å². The van der Waals surface area contributed by atoms with Gasteiger partial charge >= 0.3 is 0 Å². The lowest BCUT2D eigenvalue weighted by molar-refractivity contribution is 0.336. The van der Waals surface area contributed by atoms with Crippen LogP contribution in [-0.4, -0.2) is 6.61 Å². The molecule has 0 spiro atoms. The van der Waals surface area contributed by atoms with Crippen LogP contribution in [0.4, 0.5) is 4.39 Å². The third-order valence-corrected chi connectivity index (χ3v) is 2.02. The van der Waals surface area contributed by atoms with Crippen molar-refractivity contribution in [2.75, 3.05) is 6.61 Å². The van der Waals surface area contributed by atoms with E-state index in [1.54, 1.807) is 12.1 Å². The molecular weight excluding hydrogens is 191 g/mol. The predicted molar refractivity (Wildman–Crippen MR) is 60.6 cm³/mol. The Morgan fingerprint density at radius 3 is 2.80 bits per heavy atom. The molecule has 0 saturated heterocycles. The molecule has 0 N–H and O–H groups in total. The van der Waals surface area contributed by atoms with E-state index in [-0.39, 0.29) is 5.82 Å². The van der Waals surface area contributed by atoms with Crippen LogP contribution in [0.5, 0.6) is 5.75 Å². The number of hydrogen-bond acceptors (Lipinski definition) is 1. The van der Waals surface area contributed by atoms with Crippen LogP contribution in [0, 0.1) is 11.7 Å². The van der Waals surface area contributed by atoms with Crippen LogP contribution >= 0.6 is 0 Å². The lowest BCUT2D eigenvalue weighted by Crippen LogP contribution is -2.02. The van der Waals surface area contributed by atoms with E-state index in [9.17, 15) is 4.39 Å². The standard InChI is InChI=1S/C13H17FO/c1-4-8-15-13-11(9-10(2)3)6-5-7-12(13)14/h4-7,10H,1,8-9H2,2-3H3. The fraction of sp³-hybridized carbons (Fsp3) is 0.385. The van der Waals surface area contributed by atoms with Gasteiger partial charge in [0.1, 0.15) is 6.61 Å². The highest BCUT2D eigenvalue weighted by Gasteiger charge is 2.10. The molecule has 0 saturated carbocycles. The lowest BCUT2D eigenvalue weighted by atomic mass is 10.0.